The molecule has 0 N–H and O–H groups in total. The first-order chi connectivity index (χ1) is 7.13. The van der Waals surface area contributed by atoms with Crippen molar-refractivity contribution in [1.29, 1.82) is 0 Å². The second-order valence-corrected chi connectivity index (χ2v) is 4.70. The van der Waals surface area contributed by atoms with Crippen molar-refractivity contribution in [2.45, 2.75) is 26.2 Å². The van der Waals surface area contributed by atoms with E-state index in [1.807, 2.05) is 6.07 Å². The van der Waals surface area contributed by atoms with E-state index in [2.05, 4.69) is 42.5 Å². The summed E-state index contributed by atoms with van der Waals surface area (Å²) in [6, 6.07) is 4.11. The molecular formula is C12H17IO2. The van der Waals surface area contributed by atoms with E-state index in [1.165, 1.54) is 5.56 Å². The van der Waals surface area contributed by atoms with Gasteiger partial charge < -0.3 is 9.47 Å². The van der Waals surface area contributed by atoms with Crippen LogP contribution in [0.25, 0.3) is 0 Å². The van der Waals surface area contributed by atoms with E-state index < -0.39 is 0 Å². The Morgan fingerprint density at radius 1 is 1.20 bits per heavy atom. The highest BCUT2D eigenvalue weighted by Gasteiger charge is 2.13. The smallest absolute Gasteiger partial charge is 0.132 e. The maximum Gasteiger partial charge on any atom is 0.132 e. The van der Waals surface area contributed by atoms with Crippen molar-refractivity contribution >= 4 is 22.6 Å². The summed E-state index contributed by atoms with van der Waals surface area (Å²) >= 11 is 2.26. The number of methoxy groups -OCH3 is 2. The lowest BCUT2D eigenvalue weighted by molar-refractivity contribution is 0.393. The summed E-state index contributed by atoms with van der Waals surface area (Å²) in [5.74, 6) is 2.37. The number of ether oxygens (including phenoxy) is 2. The van der Waals surface area contributed by atoms with Crippen LogP contribution >= 0.6 is 22.6 Å². The highest BCUT2D eigenvalue weighted by atomic mass is 127. The molecule has 0 aliphatic rings. The minimum atomic E-state index is 0.492. The van der Waals surface area contributed by atoms with Gasteiger partial charge in [0, 0.05) is 5.56 Å². The third kappa shape index (κ3) is 2.77. The molecule has 0 saturated carbocycles. The van der Waals surface area contributed by atoms with E-state index in [-0.39, 0.29) is 0 Å². The lowest BCUT2D eigenvalue weighted by Gasteiger charge is -2.16. The molecule has 1 aromatic rings. The van der Waals surface area contributed by atoms with Gasteiger partial charge in [0.25, 0.3) is 0 Å². The van der Waals surface area contributed by atoms with Gasteiger partial charge in [-0.15, -0.1) is 0 Å². The lowest BCUT2D eigenvalue weighted by Crippen LogP contribution is -1.99. The zero-order valence-electron chi connectivity index (χ0n) is 9.63. The Morgan fingerprint density at radius 3 is 2.27 bits per heavy atom. The Bertz CT molecular complexity index is 337. The fourth-order valence-corrected chi connectivity index (χ4v) is 2.15. The molecular weight excluding hydrogens is 303 g/mol. The molecule has 0 saturated heterocycles. The molecule has 0 radical (unpaired) electrons. The molecule has 1 aromatic carbocycles. The Morgan fingerprint density at radius 2 is 1.80 bits per heavy atom. The number of halogens is 1. The first-order valence-electron chi connectivity index (χ1n) is 5.05. The molecule has 15 heavy (non-hydrogen) atoms. The van der Waals surface area contributed by atoms with Crippen LogP contribution in [-0.4, -0.2) is 14.2 Å². The summed E-state index contributed by atoms with van der Waals surface area (Å²) < 4.78 is 11.8. The molecule has 0 fully saturated rings. The average Bonchev–Trinajstić information content (AvgIpc) is 2.27. The Hall–Kier alpha value is -0.450. The van der Waals surface area contributed by atoms with E-state index in [0.717, 1.165) is 21.5 Å². The lowest BCUT2D eigenvalue weighted by atomic mass is 9.97. The normalized spacial score (nSPS) is 12.3. The molecule has 1 rings (SSSR count). The second kappa shape index (κ2) is 5.58. The van der Waals surface area contributed by atoms with E-state index in [0.29, 0.717) is 5.92 Å². The van der Waals surface area contributed by atoms with Gasteiger partial charge in [0.15, 0.2) is 0 Å². The van der Waals surface area contributed by atoms with Gasteiger partial charge in [-0.05, 0) is 47.1 Å². The molecule has 3 heteroatoms. The van der Waals surface area contributed by atoms with Crippen LogP contribution in [0, 0.1) is 3.57 Å². The number of benzene rings is 1. The monoisotopic (exact) mass is 320 g/mol. The Balaban J connectivity index is 3.22. The summed E-state index contributed by atoms with van der Waals surface area (Å²) in [4.78, 5) is 0. The van der Waals surface area contributed by atoms with Gasteiger partial charge in [0.2, 0.25) is 0 Å². The van der Waals surface area contributed by atoms with Crippen molar-refractivity contribution in [2.24, 2.45) is 0 Å². The molecule has 2 nitrogen and oxygen atoms in total. The van der Waals surface area contributed by atoms with Crippen LogP contribution in [0.4, 0.5) is 0 Å². The van der Waals surface area contributed by atoms with Gasteiger partial charge in [-0.2, -0.15) is 0 Å². The van der Waals surface area contributed by atoms with E-state index >= 15 is 0 Å². The van der Waals surface area contributed by atoms with Crippen molar-refractivity contribution in [3.8, 4) is 11.5 Å². The SMILES string of the molecule is CC[C@@H](C)c1cc(OC)c(I)cc1OC. The molecule has 0 aliphatic heterocycles. The summed E-state index contributed by atoms with van der Waals surface area (Å²) in [5.41, 5.74) is 1.22. The number of hydrogen-bond acceptors (Lipinski definition) is 2. The van der Waals surface area contributed by atoms with Gasteiger partial charge in [-0.1, -0.05) is 13.8 Å². The number of hydrogen-bond donors (Lipinski definition) is 0. The van der Waals surface area contributed by atoms with Gasteiger partial charge in [0.05, 0.1) is 17.8 Å². The van der Waals surface area contributed by atoms with Gasteiger partial charge in [-0.25, -0.2) is 0 Å². The average molecular weight is 320 g/mol. The summed E-state index contributed by atoms with van der Waals surface area (Å²) in [6.45, 7) is 4.37. The molecule has 0 spiro atoms. The second-order valence-electron chi connectivity index (χ2n) is 3.54. The maximum atomic E-state index is 5.39. The molecule has 1 atom stereocenters. The first kappa shape index (κ1) is 12.6. The van der Waals surface area contributed by atoms with Crippen molar-refractivity contribution < 1.29 is 9.47 Å². The van der Waals surface area contributed by atoms with Crippen molar-refractivity contribution in [3.05, 3.63) is 21.3 Å². The fraction of sp³-hybridized carbons (Fsp3) is 0.500. The zero-order valence-corrected chi connectivity index (χ0v) is 11.8. The predicted octanol–water partition coefficient (Wildman–Crippen LogP) is 3.82. The quantitative estimate of drug-likeness (QED) is 0.785. The van der Waals surface area contributed by atoms with E-state index in [1.54, 1.807) is 14.2 Å². The van der Waals surface area contributed by atoms with Crippen molar-refractivity contribution in [2.75, 3.05) is 14.2 Å². The van der Waals surface area contributed by atoms with Crippen LogP contribution in [0.3, 0.4) is 0 Å². The standard InChI is InChI=1S/C12H17IO2/c1-5-8(2)9-6-12(15-4)10(13)7-11(9)14-3/h6-8H,5H2,1-4H3/t8-/m1/s1. The molecule has 0 aliphatic carbocycles. The fourth-order valence-electron chi connectivity index (χ4n) is 1.49. The Kier molecular flexibility index (Phi) is 4.70. The topological polar surface area (TPSA) is 18.5 Å². The predicted molar refractivity (Wildman–Crippen MR) is 71.0 cm³/mol. The van der Waals surface area contributed by atoms with Crippen molar-refractivity contribution in [1.82, 2.24) is 0 Å². The van der Waals surface area contributed by atoms with Crippen LogP contribution in [-0.2, 0) is 0 Å². The molecule has 84 valence electrons. The van der Waals surface area contributed by atoms with E-state index in [9.17, 15) is 0 Å². The van der Waals surface area contributed by atoms with Crippen molar-refractivity contribution in [3.63, 3.8) is 0 Å². The zero-order chi connectivity index (χ0) is 11.4. The maximum absolute atomic E-state index is 5.39. The van der Waals surface area contributed by atoms with Crippen LogP contribution < -0.4 is 9.47 Å². The molecule has 0 unspecified atom stereocenters. The first-order valence-corrected chi connectivity index (χ1v) is 6.13. The molecule has 0 amide bonds. The van der Waals surface area contributed by atoms with Crippen LogP contribution in [0.1, 0.15) is 31.7 Å². The molecule has 0 heterocycles. The van der Waals surface area contributed by atoms with Gasteiger partial charge >= 0.3 is 0 Å². The van der Waals surface area contributed by atoms with Crippen LogP contribution in [0.2, 0.25) is 0 Å². The van der Waals surface area contributed by atoms with Gasteiger partial charge in [-0.3, -0.25) is 0 Å². The molecule has 0 bridgehead atoms. The minimum absolute atomic E-state index is 0.492. The third-order valence-corrected chi connectivity index (χ3v) is 3.49. The molecule has 0 aromatic heterocycles. The van der Waals surface area contributed by atoms with Crippen LogP contribution in [0.5, 0.6) is 11.5 Å². The highest BCUT2D eigenvalue weighted by molar-refractivity contribution is 14.1. The highest BCUT2D eigenvalue weighted by Crippen LogP contribution is 2.35. The van der Waals surface area contributed by atoms with Crippen LogP contribution in [0.15, 0.2) is 12.1 Å². The summed E-state index contributed by atoms with van der Waals surface area (Å²) in [5, 5.41) is 0. The number of rotatable bonds is 4. The van der Waals surface area contributed by atoms with E-state index in [4.69, 9.17) is 9.47 Å². The summed E-state index contributed by atoms with van der Waals surface area (Å²) in [6.07, 6.45) is 1.10. The Labute approximate surface area is 105 Å². The third-order valence-electron chi connectivity index (χ3n) is 2.65. The van der Waals surface area contributed by atoms with Gasteiger partial charge in [0.1, 0.15) is 11.5 Å². The largest absolute Gasteiger partial charge is 0.496 e. The minimum Gasteiger partial charge on any atom is -0.496 e. The summed E-state index contributed by atoms with van der Waals surface area (Å²) in [7, 11) is 3.41.